The van der Waals surface area contributed by atoms with Gasteiger partial charge in [-0.15, -0.1) is 0 Å². The van der Waals surface area contributed by atoms with E-state index in [2.05, 4.69) is 10.0 Å². The lowest BCUT2D eigenvalue weighted by atomic mass is 9.80. The Morgan fingerprint density at radius 1 is 1.16 bits per heavy atom. The van der Waals surface area contributed by atoms with Gasteiger partial charge in [-0.25, -0.2) is 13.1 Å². The Bertz CT molecular complexity index is 759. The standard InChI is InChI=1S/C17H24N2O5S/c1-10-6-11(2)16(12(3)7-10)25(23,24)18-5-4-15(20)19-14-8-13(9-14)17(21)22/h6-7,13-14,18H,4-5,8-9H2,1-3H3,(H,19,20)(H,21,22). The molecule has 1 fully saturated rings. The summed E-state index contributed by atoms with van der Waals surface area (Å²) >= 11 is 0. The summed E-state index contributed by atoms with van der Waals surface area (Å²) in [4.78, 5) is 22.8. The lowest BCUT2D eigenvalue weighted by molar-refractivity contribution is -0.146. The lowest BCUT2D eigenvalue weighted by Gasteiger charge is -2.32. The van der Waals surface area contributed by atoms with Crippen LogP contribution in [-0.2, 0) is 19.6 Å². The largest absolute Gasteiger partial charge is 0.481 e. The van der Waals surface area contributed by atoms with E-state index in [1.807, 2.05) is 19.1 Å². The Labute approximate surface area is 147 Å². The smallest absolute Gasteiger partial charge is 0.306 e. The van der Waals surface area contributed by atoms with Crippen molar-refractivity contribution < 1.29 is 23.1 Å². The fraction of sp³-hybridized carbons (Fsp3) is 0.529. The first-order valence-corrected chi connectivity index (χ1v) is 9.68. The van der Waals surface area contributed by atoms with Crippen molar-refractivity contribution in [1.29, 1.82) is 0 Å². The highest BCUT2D eigenvalue weighted by molar-refractivity contribution is 7.89. The van der Waals surface area contributed by atoms with Gasteiger partial charge in [-0.05, 0) is 44.7 Å². The van der Waals surface area contributed by atoms with Gasteiger partial charge in [0.15, 0.2) is 0 Å². The second kappa shape index (κ2) is 7.53. The van der Waals surface area contributed by atoms with Crippen molar-refractivity contribution in [2.75, 3.05) is 6.54 Å². The Balaban J connectivity index is 1.85. The topological polar surface area (TPSA) is 113 Å². The van der Waals surface area contributed by atoms with E-state index in [0.29, 0.717) is 24.0 Å². The Hall–Kier alpha value is -1.93. The van der Waals surface area contributed by atoms with Gasteiger partial charge in [0.1, 0.15) is 0 Å². The maximum absolute atomic E-state index is 12.5. The third-order valence-electron chi connectivity index (χ3n) is 4.37. The predicted octanol–water partition coefficient (Wildman–Crippen LogP) is 1.26. The normalized spacial score (nSPS) is 20.0. The van der Waals surface area contributed by atoms with Crippen molar-refractivity contribution in [3.63, 3.8) is 0 Å². The number of hydrogen-bond donors (Lipinski definition) is 3. The van der Waals surface area contributed by atoms with E-state index in [1.54, 1.807) is 13.8 Å². The van der Waals surface area contributed by atoms with E-state index in [9.17, 15) is 18.0 Å². The number of hydrogen-bond acceptors (Lipinski definition) is 4. The summed E-state index contributed by atoms with van der Waals surface area (Å²) in [5, 5.41) is 11.5. The minimum atomic E-state index is -3.68. The highest BCUT2D eigenvalue weighted by Crippen LogP contribution is 2.27. The van der Waals surface area contributed by atoms with E-state index < -0.39 is 21.9 Å². The van der Waals surface area contributed by atoms with Gasteiger partial charge in [0.05, 0.1) is 10.8 Å². The number of carboxylic acid groups (broad SMARTS) is 1. The van der Waals surface area contributed by atoms with Gasteiger partial charge in [-0.3, -0.25) is 9.59 Å². The summed E-state index contributed by atoms with van der Waals surface area (Å²) < 4.78 is 27.4. The minimum absolute atomic E-state index is 0.00397. The average molecular weight is 368 g/mol. The van der Waals surface area contributed by atoms with Crippen LogP contribution in [0.25, 0.3) is 0 Å². The summed E-state index contributed by atoms with van der Waals surface area (Å²) in [5.41, 5.74) is 2.33. The molecule has 8 heteroatoms. The van der Waals surface area contributed by atoms with Gasteiger partial charge < -0.3 is 10.4 Å². The number of benzene rings is 1. The number of amides is 1. The average Bonchev–Trinajstić information content (AvgIpc) is 2.39. The van der Waals surface area contributed by atoms with Crippen LogP contribution in [0.4, 0.5) is 0 Å². The number of rotatable bonds is 7. The number of carbonyl (C=O) groups excluding carboxylic acids is 1. The van der Waals surface area contributed by atoms with Gasteiger partial charge in [0.2, 0.25) is 15.9 Å². The molecule has 0 saturated heterocycles. The van der Waals surface area contributed by atoms with Gasteiger partial charge in [0.25, 0.3) is 0 Å². The van der Waals surface area contributed by atoms with Crippen molar-refractivity contribution in [2.45, 2.75) is 51.0 Å². The molecule has 0 bridgehead atoms. The molecular formula is C17H24N2O5S. The number of nitrogens with one attached hydrogen (secondary N) is 2. The molecule has 1 aliphatic carbocycles. The highest BCUT2D eigenvalue weighted by Gasteiger charge is 2.35. The van der Waals surface area contributed by atoms with Gasteiger partial charge in [0, 0.05) is 19.0 Å². The van der Waals surface area contributed by atoms with E-state index in [-0.39, 0.29) is 29.8 Å². The fourth-order valence-electron chi connectivity index (χ4n) is 3.20. The van der Waals surface area contributed by atoms with Crippen LogP contribution >= 0.6 is 0 Å². The third-order valence-corrected chi connectivity index (χ3v) is 6.14. The van der Waals surface area contributed by atoms with E-state index in [4.69, 9.17) is 5.11 Å². The van der Waals surface area contributed by atoms with Crippen LogP contribution in [0.1, 0.15) is 36.0 Å². The maximum atomic E-state index is 12.5. The van der Waals surface area contributed by atoms with Crippen LogP contribution in [0.3, 0.4) is 0 Å². The van der Waals surface area contributed by atoms with Crippen molar-refractivity contribution in [3.8, 4) is 0 Å². The summed E-state index contributed by atoms with van der Waals surface area (Å²) in [6, 6.07) is 3.49. The van der Waals surface area contributed by atoms with Gasteiger partial charge >= 0.3 is 5.97 Å². The number of carboxylic acids is 1. The highest BCUT2D eigenvalue weighted by atomic mass is 32.2. The van der Waals surface area contributed by atoms with Crippen LogP contribution in [0.15, 0.2) is 17.0 Å². The molecule has 1 aliphatic rings. The zero-order valence-corrected chi connectivity index (χ0v) is 15.4. The van der Waals surface area contributed by atoms with Crippen molar-refractivity contribution in [3.05, 3.63) is 28.8 Å². The van der Waals surface area contributed by atoms with Crippen molar-refractivity contribution in [1.82, 2.24) is 10.0 Å². The summed E-state index contributed by atoms with van der Waals surface area (Å²) in [6.45, 7) is 5.40. The lowest BCUT2D eigenvalue weighted by Crippen LogP contribution is -2.47. The van der Waals surface area contributed by atoms with Crippen LogP contribution in [0.2, 0.25) is 0 Å². The second-order valence-corrected chi connectivity index (χ2v) is 8.35. The number of aryl methyl sites for hydroxylation is 3. The van der Waals surface area contributed by atoms with Gasteiger partial charge in [-0.2, -0.15) is 0 Å². The molecule has 0 unspecified atom stereocenters. The minimum Gasteiger partial charge on any atom is -0.481 e. The molecule has 1 aromatic carbocycles. The maximum Gasteiger partial charge on any atom is 0.306 e. The Morgan fingerprint density at radius 3 is 2.24 bits per heavy atom. The zero-order valence-electron chi connectivity index (χ0n) is 14.6. The molecule has 0 atom stereocenters. The van der Waals surface area contributed by atoms with Crippen LogP contribution < -0.4 is 10.0 Å². The van der Waals surface area contributed by atoms with Crippen LogP contribution in [0, 0.1) is 26.7 Å². The first-order chi connectivity index (χ1) is 11.6. The molecule has 1 saturated carbocycles. The van der Waals surface area contributed by atoms with E-state index >= 15 is 0 Å². The number of aliphatic carboxylic acids is 1. The molecule has 0 aromatic heterocycles. The summed E-state index contributed by atoms with van der Waals surface area (Å²) in [5.74, 6) is -1.52. The molecule has 0 heterocycles. The monoisotopic (exact) mass is 368 g/mol. The fourth-order valence-corrected chi connectivity index (χ4v) is 4.68. The van der Waals surface area contributed by atoms with Crippen LogP contribution in [0.5, 0.6) is 0 Å². The zero-order chi connectivity index (χ0) is 18.8. The molecule has 1 aromatic rings. The molecule has 7 nitrogen and oxygen atoms in total. The molecular weight excluding hydrogens is 344 g/mol. The van der Waals surface area contributed by atoms with Crippen LogP contribution in [-0.4, -0.2) is 38.0 Å². The molecule has 25 heavy (non-hydrogen) atoms. The Morgan fingerprint density at radius 2 is 1.72 bits per heavy atom. The first kappa shape index (κ1) is 19.4. The molecule has 0 spiro atoms. The second-order valence-electron chi connectivity index (χ2n) is 6.65. The Kier molecular flexibility index (Phi) is 5.84. The van der Waals surface area contributed by atoms with Crippen molar-refractivity contribution >= 4 is 21.9 Å². The SMILES string of the molecule is Cc1cc(C)c(S(=O)(=O)NCCC(=O)NC2CC(C(=O)O)C2)c(C)c1. The molecule has 0 radical (unpaired) electrons. The quantitative estimate of drug-likeness (QED) is 0.671. The van der Waals surface area contributed by atoms with Gasteiger partial charge in [-0.1, -0.05) is 17.7 Å². The number of sulfonamides is 1. The van der Waals surface area contributed by atoms with Crippen molar-refractivity contribution in [2.24, 2.45) is 5.92 Å². The molecule has 0 aliphatic heterocycles. The molecule has 3 N–H and O–H groups in total. The predicted molar refractivity (Wildman–Crippen MR) is 92.7 cm³/mol. The molecule has 138 valence electrons. The first-order valence-electron chi connectivity index (χ1n) is 8.20. The summed E-state index contributed by atoms with van der Waals surface area (Å²) in [7, 11) is -3.68. The molecule has 2 rings (SSSR count). The summed E-state index contributed by atoms with van der Waals surface area (Å²) in [6.07, 6.45) is 0.862. The van der Waals surface area contributed by atoms with E-state index in [1.165, 1.54) is 0 Å². The third kappa shape index (κ3) is 4.79. The van der Waals surface area contributed by atoms with E-state index in [0.717, 1.165) is 5.56 Å². The molecule has 1 amide bonds. The number of carbonyl (C=O) groups is 2.